The molecule has 3 heteroatoms. The predicted molar refractivity (Wildman–Crippen MR) is 110 cm³/mol. The van der Waals surface area contributed by atoms with Crippen molar-refractivity contribution < 1.29 is 4.42 Å². The third-order valence-corrected chi connectivity index (χ3v) is 4.85. The van der Waals surface area contributed by atoms with Crippen LogP contribution < -0.4 is 0 Å². The van der Waals surface area contributed by atoms with E-state index in [4.69, 9.17) is 14.4 Å². The highest BCUT2D eigenvalue weighted by atomic mass is 16.3. The van der Waals surface area contributed by atoms with Crippen LogP contribution in [0.1, 0.15) is 12.6 Å². The SMILES string of the molecule is CCc1cc(-c2cccc3c2oc2ccccc23)nc(-c2ccccc2)n1. The van der Waals surface area contributed by atoms with Crippen LogP contribution in [-0.4, -0.2) is 9.97 Å². The lowest BCUT2D eigenvalue weighted by molar-refractivity contribution is 0.670. The van der Waals surface area contributed by atoms with E-state index in [0.29, 0.717) is 0 Å². The van der Waals surface area contributed by atoms with Crippen molar-refractivity contribution in [3.8, 4) is 22.6 Å². The van der Waals surface area contributed by atoms with Crippen molar-refractivity contribution >= 4 is 21.9 Å². The van der Waals surface area contributed by atoms with E-state index in [0.717, 1.165) is 56.7 Å². The Kier molecular flexibility index (Phi) is 3.72. The summed E-state index contributed by atoms with van der Waals surface area (Å²) in [7, 11) is 0. The number of hydrogen-bond acceptors (Lipinski definition) is 3. The predicted octanol–water partition coefficient (Wildman–Crippen LogP) is 6.27. The molecule has 3 aromatic carbocycles. The van der Waals surface area contributed by atoms with E-state index in [9.17, 15) is 0 Å². The number of hydrogen-bond donors (Lipinski definition) is 0. The molecule has 0 unspecified atom stereocenters. The fraction of sp³-hybridized carbons (Fsp3) is 0.0833. The number of furan rings is 1. The molecular formula is C24H18N2O. The van der Waals surface area contributed by atoms with Crippen LogP contribution in [0, 0.1) is 0 Å². The molecule has 0 N–H and O–H groups in total. The smallest absolute Gasteiger partial charge is 0.160 e. The average molecular weight is 350 g/mol. The fourth-order valence-corrected chi connectivity index (χ4v) is 3.48. The summed E-state index contributed by atoms with van der Waals surface area (Å²) < 4.78 is 6.20. The quantitative estimate of drug-likeness (QED) is 0.385. The van der Waals surface area contributed by atoms with Gasteiger partial charge in [-0.25, -0.2) is 9.97 Å². The Morgan fingerprint density at radius 2 is 1.56 bits per heavy atom. The molecule has 2 heterocycles. The van der Waals surface area contributed by atoms with Crippen molar-refractivity contribution in [1.82, 2.24) is 9.97 Å². The summed E-state index contributed by atoms with van der Waals surface area (Å²) in [5.41, 5.74) is 5.70. The summed E-state index contributed by atoms with van der Waals surface area (Å²) in [6.07, 6.45) is 0.853. The minimum Gasteiger partial charge on any atom is -0.455 e. The summed E-state index contributed by atoms with van der Waals surface area (Å²) in [4.78, 5) is 9.60. The monoisotopic (exact) mass is 350 g/mol. The Morgan fingerprint density at radius 1 is 0.778 bits per heavy atom. The molecule has 0 aliphatic carbocycles. The van der Waals surface area contributed by atoms with E-state index in [2.05, 4.69) is 37.3 Å². The zero-order valence-electron chi connectivity index (χ0n) is 15.0. The van der Waals surface area contributed by atoms with Gasteiger partial charge < -0.3 is 4.42 Å². The molecule has 0 atom stereocenters. The maximum atomic E-state index is 6.20. The lowest BCUT2D eigenvalue weighted by Gasteiger charge is -2.08. The lowest BCUT2D eigenvalue weighted by atomic mass is 10.1. The number of rotatable bonds is 3. The van der Waals surface area contributed by atoms with E-state index in [1.54, 1.807) is 0 Å². The van der Waals surface area contributed by atoms with Crippen molar-refractivity contribution in [3.63, 3.8) is 0 Å². The second kappa shape index (κ2) is 6.36. The van der Waals surface area contributed by atoms with Gasteiger partial charge in [0.15, 0.2) is 5.82 Å². The molecule has 130 valence electrons. The summed E-state index contributed by atoms with van der Waals surface area (Å²) >= 11 is 0. The molecule has 0 spiro atoms. The number of aryl methyl sites for hydroxylation is 1. The van der Waals surface area contributed by atoms with E-state index < -0.39 is 0 Å². The molecule has 27 heavy (non-hydrogen) atoms. The van der Waals surface area contributed by atoms with Crippen LogP contribution in [0.15, 0.2) is 83.3 Å². The maximum Gasteiger partial charge on any atom is 0.160 e. The van der Waals surface area contributed by atoms with Gasteiger partial charge in [-0.3, -0.25) is 0 Å². The second-order valence-corrected chi connectivity index (χ2v) is 6.57. The molecule has 0 saturated carbocycles. The largest absolute Gasteiger partial charge is 0.455 e. The second-order valence-electron chi connectivity index (χ2n) is 6.57. The number of para-hydroxylation sites is 2. The van der Waals surface area contributed by atoms with Gasteiger partial charge in [0.05, 0.1) is 5.69 Å². The van der Waals surface area contributed by atoms with Crippen LogP contribution >= 0.6 is 0 Å². The van der Waals surface area contributed by atoms with Crippen LogP contribution in [0.5, 0.6) is 0 Å². The van der Waals surface area contributed by atoms with Crippen molar-refractivity contribution in [3.05, 3.63) is 84.6 Å². The number of fused-ring (bicyclic) bond motifs is 3. The Morgan fingerprint density at radius 3 is 2.41 bits per heavy atom. The third kappa shape index (κ3) is 2.68. The molecular weight excluding hydrogens is 332 g/mol. The van der Waals surface area contributed by atoms with Gasteiger partial charge in [-0.1, -0.05) is 67.6 Å². The highest BCUT2D eigenvalue weighted by Gasteiger charge is 2.14. The Hall–Kier alpha value is -3.46. The Bertz CT molecular complexity index is 1260. The average Bonchev–Trinajstić information content (AvgIpc) is 3.13. The third-order valence-electron chi connectivity index (χ3n) is 4.85. The molecule has 5 rings (SSSR count). The first-order valence-corrected chi connectivity index (χ1v) is 9.17. The van der Waals surface area contributed by atoms with Crippen LogP contribution in [-0.2, 0) is 6.42 Å². The van der Waals surface area contributed by atoms with Gasteiger partial charge in [0.2, 0.25) is 0 Å². The topological polar surface area (TPSA) is 38.9 Å². The number of nitrogens with zero attached hydrogens (tertiary/aromatic N) is 2. The number of aromatic nitrogens is 2. The van der Waals surface area contributed by atoms with Crippen molar-refractivity contribution in [2.24, 2.45) is 0 Å². The summed E-state index contributed by atoms with van der Waals surface area (Å²) in [5.74, 6) is 0.748. The first-order valence-electron chi connectivity index (χ1n) is 9.17. The number of benzene rings is 3. The normalized spacial score (nSPS) is 11.3. The van der Waals surface area contributed by atoms with Gasteiger partial charge in [-0.15, -0.1) is 0 Å². The van der Waals surface area contributed by atoms with E-state index >= 15 is 0 Å². The maximum absolute atomic E-state index is 6.20. The summed E-state index contributed by atoms with van der Waals surface area (Å²) in [5, 5.41) is 2.24. The van der Waals surface area contributed by atoms with Gasteiger partial charge in [-0.2, -0.15) is 0 Å². The summed E-state index contributed by atoms with van der Waals surface area (Å²) in [6.45, 7) is 2.11. The zero-order valence-corrected chi connectivity index (χ0v) is 15.0. The molecule has 5 aromatic rings. The van der Waals surface area contributed by atoms with Crippen LogP contribution in [0.25, 0.3) is 44.6 Å². The van der Waals surface area contributed by atoms with Crippen LogP contribution in [0.3, 0.4) is 0 Å². The van der Waals surface area contributed by atoms with Crippen LogP contribution in [0.2, 0.25) is 0 Å². The first-order chi connectivity index (χ1) is 13.3. The lowest BCUT2D eigenvalue weighted by Crippen LogP contribution is -1.97. The van der Waals surface area contributed by atoms with Gasteiger partial charge in [-0.05, 0) is 24.6 Å². The first kappa shape index (κ1) is 15.8. The van der Waals surface area contributed by atoms with Gasteiger partial charge in [0, 0.05) is 27.6 Å². The standard InChI is InChI=1S/C24H18N2O/c1-2-17-15-21(26-24(25-17)16-9-4-3-5-10-16)20-13-8-12-19-18-11-6-7-14-22(18)27-23(19)20/h3-15H,2H2,1H3. The minimum atomic E-state index is 0.748. The molecule has 0 bridgehead atoms. The minimum absolute atomic E-state index is 0.748. The molecule has 0 aliphatic heterocycles. The van der Waals surface area contributed by atoms with Crippen molar-refractivity contribution in [2.75, 3.05) is 0 Å². The van der Waals surface area contributed by atoms with Crippen molar-refractivity contribution in [1.29, 1.82) is 0 Å². The molecule has 0 fully saturated rings. The van der Waals surface area contributed by atoms with Gasteiger partial charge in [0.1, 0.15) is 11.2 Å². The van der Waals surface area contributed by atoms with E-state index in [-0.39, 0.29) is 0 Å². The van der Waals surface area contributed by atoms with Crippen LogP contribution in [0.4, 0.5) is 0 Å². The zero-order chi connectivity index (χ0) is 18.2. The van der Waals surface area contributed by atoms with Crippen molar-refractivity contribution in [2.45, 2.75) is 13.3 Å². The highest BCUT2D eigenvalue weighted by molar-refractivity contribution is 6.09. The van der Waals surface area contributed by atoms with Gasteiger partial charge >= 0.3 is 0 Å². The molecule has 0 saturated heterocycles. The summed E-state index contributed by atoms with van der Waals surface area (Å²) in [6, 6.07) is 26.5. The molecule has 0 radical (unpaired) electrons. The Balaban J connectivity index is 1.77. The molecule has 3 nitrogen and oxygen atoms in total. The van der Waals surface area contributed by atoms with E-state index in [1.807, 2.05) is 48.5 Å². The van der Waals surface area contributed by atoms with E-state index in [1.165, 1.54) is 0 Å². The van der Waals surface area contributed by atoms with Gasteiger partial charge in [0.25, 0.3) is 0 Å². The Labute approximate surface area is 157 Å². The highest BCUT2D eigenvalue weighted by Crippen LogP contribution is 2.35. The fourth-order valence-electron chi connectivity index (χ4n) is 3.48. The molecule has 0 aliphatic rings. The molecule has 2 aromatic heterocycles. The molecule has 0 amide bonds.